The van der Waals surface area contributed by atoms with E-state index in [0.717, 1.165) is 14.3 Å². The molecule has 1 N–H and O–H groups in total. The van der Waals surface area contributed by atoms with Gasteiger partial charge < -0.3 is 10.2 Å². The number of carbonyl (C=O) groups excluding carboxylic acids is 2. The Hall–Kier alpha value is -2.88. The van der Waals surface area contributed by atoms with Crippen LogP contribution in [0.1, 0.15) is 12.5 Å². The second kappa shape index (κ2) is 11.7. The fraction of sp³-hybridized carbons (Fsp3) is 0.200. The van der Waals surface area contributed by atoms with E-state index in [9.17, 15) is 18.0 Å². The molecule has 2 amide bonds. The Bertz CT molecular complexity index is 1300. The van der Waals surface area contributed by atoms with Crippen molar-refractivity contribution in [1.29, 1.82) is 0 Å². The maximum atomic E-state index is 13.6. The molecule has 10 heteroatoms. The van der Waals surface area contributed by atoms with Crippen LogP contribution in [0.5, 0.6) is 0 Å². The largest absolute Gasteiger partial charge is 0.357 e. The smallest absolute Gasteiger partial charge is 0.264 e. The number of nitrogens with one attached hydrogen (secondary N) is 1. The molecule has 0 saturated heterocycles. The molecule has 0 heterocycles. The Morgan fingerprint density at radius 3 is 2.31 bits per heavy atom. The molecule has 0 aliphatic carbocycles. The summed E-state index contributed by atoms with van der Waals surface area (Å²) in [4.78, 5) is 27.5. The second-order valence-electron chi connectivity index (χ2n) is 7.75. The maximum Gasteiger partial charge on any atom is 0.264 e. The third-order valence-electron chi connectivity index (χ3n) is 5.36. The quantitative estimate of drug-likeness (QED) is 0.406. The van der Waals surface area contributed by atoms with E-state index in [1.54, 1.807) is 43.3 Å². The number of nitrogens with zero attached hydrogens (tertiary/aromatic N) is 2. The van der Waals surface area contributed by atoms with Gasteiger partial charge in [0.1, 0.15) is 12.6 Å². The van der Waals surface area contributed by atoms with E-state index in [4.69, 9.17) is 11.6 Å². The van der Waals surface area contributed by atoms with Crippen LogP contribution in [0.25, 0.3) is 0 Å². The Balaban J connectivity index is 2.02. The lowest BCUT2D eigenvalue weighted by Crippen LogP contribution is -2.50. The summed E-state index contributed by atoms with van der Waals surface area (Å²) in [7, 11) is -2.63. The number of sulfonamides is 1. The van der Waals surface area contributed by atoms with Crippen molar-refractivity contribution in [1.82, 2.24) is 10.2 Å². The minimum absolute atomic E-state index is 0.0330. The Labute approximate surface area is 218 Å². The zero-order valence-corrected chi connectivity index (χ0v) is 22.3. The first-order valence-electron chi connectivity index (χ1n) is 10.7. The summed E-state index contributed by atoms with van der Waals surface area (Å²) in [5, 5.41) is 2.88. The molecule has 3 rings (SSSR count). The van der Waals surface area contributed by atoms with Crippen molar-refractivity contribution in [3.63, 3.8) is 0 Å². The molecule has 0 aliphatic heterocycles. The zero-order valence-electron chi connectivity index (χ0n) is 19.2. The first-order chi connectivity index (χ1) is 16.6. The monoisotopic (exact) mass is 577 g/mol. The van der Waals surface area contributed by atoms with Gasteiger partial charge in [0.05, 0.1) is 10.6 Å². The van der Waals surface area contributed by atoms with Crippen molar-refractivity contribution in [2.24, 2.45) is 0 Å². The normalized spacial score (nSPS) is 12.0. The van der Waals surface area contributed by atoms with Crippen LogP contribution in [-0.2, 0) is 26.2 Å². The fourth-order valence-electron chi connectivity index (χ4n) is 3.50. The Morgan fingerprint density at radius 2 is 1.69 bits per heavy atom. The lowest BCUT2D eigenvalue weighted by atomic mass is 10.1. The lowest BCUT2D eigenvalue weighted by Gasteiger charge is -2.31. The van der Waals surface area contributed by atoms with Gasteiger partial charge in [0.2, 0.25) is 11.8 Å². The predicted octanol–water partition coefficient (Wildman–Crippen LogP) is 4.46. The van der Waals surface area contributed by atoms with E-state index >= 15 is 0 Å². The highest BCUT2D eigenvalue weighted by Crippen LogP contribution is 2.27. The van der Waals surface area contributed by atoms with Crippen molar-refractivity contribution in [3.05, 3.63) is 93.9 Å². The Kier molecular flexibility index (Phi) is 8.93. The van der Waals surface area contributed by atoms with Crippen molar-refractivity contribution in [3.8, 4) is 0 Å². The predicted molar refractivity (Wildman–Crippen MR) is 141 cm³/mol. The zero-order chi connectivity index (χ0) is 25.6. The van der Waals surface area contributed by atoms with E-state index in [-0.39, 0.29) is 23.0 Å². The SMILES string of the molecule is CNC(=O)C(C)N(Cc1cccc(Br)c1)C(=O)CN(c1cccc(Cl)c1)S(=O)(=O)c1ccccc1. The van der Waals surface area contributed by atoms with Crippen LogP contribution in [0.4, 0.5) is 5.69 Å². The van der Waals surface area contributed by atoms with Crippen molar-refractivity contribution in [2.45, 2.75) is 24.4 Å². The number of hydrogen-bond donors (Lipinski definition) is 1. The van der Waals surface area contributed by atoms with Crippen LogP contribution in [0.3, 0.4) is 0 Å². The van der Waals surface area contributed by atoms with E-state index in [1.807, 2.05) is 24.3 Å². The molecule has 0 fully saturated rings. The molecule has 0 saturated carbocycles. The molecule has 0 radical (unpaired) electrons. The molecule has 35 heavy (non-hydrogen) atoms. The number of hydrogen-bond acceptors (Lipinski definition) is 4. The third-order valence-corrected chi connectivity index (χ3v) is 7.88. The summed E-state index contributed by atoms with van der Waals surface area (Å²) in [6, 6.07) is 20.6. The van der Waals surface area contributed by atoms with Gasteiger partial charge in [0.15, 0.2) is 0 Å². The Morgan fingerprint density at radius 1 is 1.00 bits per heavy atom. The summed E-state index contributed by atoms with van der Waals surface area (Å²) >= 11 is 9.56. The average Bonchev–Trinajstić information content (AvgIpc) is 2.85. The van der Waals surface area contributed by atoms with Crippen molar-refractivity contribution >= 4 is 55.1 Å². The average molecular weight is 579 g/mol. The van der Waals surface area contributed by atoms with Gasteiger partial charge in [0.25, 0.3) is 10.0 Å². The first-order valence-corrected chi connectivity index (χ1v) is 13.3. The van der Waals surface area contributed by atoms with Gasteiger partial charge in [-0.3, -0.25) is 13.9 Å². The molecule has 1 atom stereocenters. The summed E-state index contributed by atoms with van der Waals surface area (Å²) in [5.41, 5.74) is 1.02. The van der Waals surface area contributed by atoms with E-state index in [2.05, 4.69) is 21.2 Å². The van der Waals surface area contributed by atoms with Crippen LogP contribution in [0.2, 0.25) is 5.02 Å². The van der Waals surface area contributed by atoms with Gasteiger partial charge in [-0.1, -0.05) is 63.9 Å². The lowest BCUT2D eigenvalue weighted by molar-refractivity contribution is -0.139. The molecule has 7 nitrogen and oxygen atoms in total. The number of anilines is 1. The highest BCUT2D eigenvalue weighted by atomic mass is 79.9. The fourth-order valence-corrected chi connectivity index (χ4v) is 5.56. The third kappa shape index (κ3) is 6.62. The molecule has 0 aromatic heterocycles. The molecule has 184 valence electrons. The van der Waals surface area contributed by atoms with Crippen molar-refractivity contribution in [2.75, 3.05) is 17.9 Å². The molecule has 0 aliphatic rings. The van der Waals surface area contributed by atoms with Gasteiger partial charge in [0, 0.05) is 23.1 Å². The minimum atomic E-state index is -4.11. The minimum Gasteiger partial charge on any atom is -0.357 e. The molecule has 1 unspecified atom stereocenters. The number of likely N-dealkylation sites (N-methyl/N-ethyl adjacent to an activating group) is 1. The number of rotatable bonds is 9. The summed E-state index contributed by atoms with van der Waals surface area (Å²) in [6.45, 7) is 1.19. The number of benzene rings is 3. The second-order valence-corrected chi connectivity index (χ2v) is 11.0. The molecule has 3 aromatic carbocycles. The standard InChI is InChI=1S/C25H25BrClN3O4S/c1-18(25(32)28-2)29(16-19-8-6-9-20(26)14-19)24(31)17-30(22-11-7-10-21(27)15-22)35(33,34)23-12-4-3-5-13-23/h3-15,18H,16-17H2,1-2H3,(H,28,32). The topological polar surface area (TPSA) is 86.8 Å². The first kappa shape index (κ1) is 26.7. The molecular formula is C25H25BrClN3O4S. The van der Waals surface area contributed by atoms with Gasteiger partial charge >= 0.3 is 0 Å². The highest BCUT2D eigenvalue weighted by Gasteiger charge is 2.32. The van der Waals surface area contributed by atoms with Crippen LogP contribution in [0.15, 0.2) is 88.2 Å². The van der Waals surface area contributed by atoms with Crippen LogP contribution in [0, 0.1) is 0 Å². The number of halogens is 2. The van der Waals surface area contributed by atoms with Gasteiger partial charge in [-0.25, -0.2) is 8.42 Å². The maximum absolute atomic E-state index is 13.6. The molecular weight excluding hydrogens is 554 g/mol. The van der Waals surface area contributed by atoms with Crippen LogP contribution < -0.4 is 9.62 Å². The molecule has 0 bridgehead atoms. The summed E-state index contributed by atoms with van der Waals surface area (Å²) < 4.78 is 29.0. The molecule has 0 spiro atoms. The van der Waals surface area contributed by atoms with Crippen LogP contribution >= 0.6 is 27.5 Å². The van der Waals surface area contributed by atoms with E-state index < -0.39 is 28.5 Å². The van der Waals surface area contributed by atoms with E-state index in [1.165, 1.54) is 30.1 Å². The molecule has 3 aromatic rings. The van der Waals surface area contributed by atoms with E-state index in [0.29, 0.717) is 5.02 Å². The van der Waals surface area contributed by atoms with Crippen LogP contribution in [-0.4, -0.2) is 44.8 Å². The summed E-state index contributed by atoms with van der Waals surface area (Å²) in [5.74, 6) is -0.908. The van der Waals surface area contributed by atoms with Crippen molar-refractivity contribution < 1.29 is 18.0 Å². The summed E-state index contributed by atoms with van der Waals surface area (Å²) in [6.07, 6.45) is 0. The van der Waals surface area contributed by atoms with Gasteiger partial charge in [-0.15, -0.1) is 0 Å². The van der Waals surface area contributed by atoms with Gasteiger partial charge in [-0.2, -0.15) is 0 Å². The van der Waals surface area contributed by atoms with Gasteiger partial charge in [-0.05, 0) is 55.0 Å². The number of carbonyl (C=O) groups is 2. The highest BCUT2D eigenvalue weighted by molar-refractivity contribution is 9.10. The number of amides is 2.